The van der Waals surface area contributed by atoms with Crippen LogP contribution in [0, 0.1) is 5.92 Å². The first-order chi connectivity index (χ1) is 15.7. The molecule has 1 aliphatic rings. The van der Waals surface area contributed by atoms with E-state index in [9.17, 15) is 14.4 Å². The number of para-hydroxylation sites is 1. The molecule has 0 unspecified atom stereocenters. The zero-order valence-electron chi connectivity index (χ0n) is 19.0. The third-order valence-electron chi connectivity index (χ3n) is 5.43. The van der Waals surface area contributed by atoms with Gasteiger partial charge in [-0.1, -0.05) is 43.6 Å². The second kappa shape index (κ2) is 10.6. The van der Waals surface area contributed by atoms with Crippen LogP contribution in [0.2, 0.25) is 5.02 Å². The summed E-state index contributed by atoms with van der Waals surface area (Å²) in [6, 6.07) is 9.03. The molecule has 3 N–H and O–H groups in total. The molecule has 0 fully saturated rings. The standard InChI is InChI=1S/C23H28ClN5O4/c1-13(2)19(28-21(30)14(3)25-4)22(31)29-18(12-15-8-7-11-26-20(15)29)33-23(32)27-17-10-6-5-9-16(17)24/h5-11,13-14,18-19,25H,12H2,1-4H3,(H,27,32)(H,28,30)/t14-,18-,19-/m0/s1. The van der Waals surface area contributed by atoms with E-state index in [4.69, 9.17) is 16.3 Å². The van der Waals surface area contributed by atoms with Crippen LogP contribution < -0.4 is 20.9 Å². The highest BCUT2D eigenvalue weighted by atomic mass is 35.5. The number of ether oxygens (including phenoxy) is 1. The second-order valence-corrected chi connectivity index (χ2v) is 8.51. The van der Waals surface area contributed by atoms with E-state index < -0.39 is 30.3 Å². The molecule has 176 valence electrons. The Labute approximate surface area is 197 Å². The molecular weight excluding hydrogens is 446 g/mol. The Morgan fingerprint density at radius 1 is 1.15 bits per heavy atom. The molecule has 0 saturated carbocycles. The molecule has 2 aromatic rings. The van der Waals surface area contributed by atoms with Crippen LogP contribution in [-0.4, -0.2) is 48.3 Å². The van der Waals surface area contributed by atoms with Crippen LogP contribution in [0.5, 0.6) is 0 Å². The smallest absolute Gasteiger partial charge is 0.413 e. The minimum atomic E-state index is -0.926. The van der Waals surface area contributed by atoms with Crippen molar-refractivity contribution in [3.63, 3.8) is 0 Å². The maximum Gasteiger partial charge on any atom is 0.413 e. The lowest BCUT2D eigenvalue weighted by molar-refractivity contribution is -0.130. The minimum Gasteiger partial charge on any atom is -0.424 e. The highest BCUT2D eigenvalue weighted by Gasteiger charge is 2.41. The predicted octanol–water partition coefficient (Wildman–Crippen LogP) is 2.95. The van der Waals surface area contributed by atoms with Crippen molar-refractivity contribution in [2.24, 2.45) is 5.92 Å². The quantitative estimate of drug-likeness (QED) is 0.570. The van der Waals surface area contributed by atoms with E-state index in [0.29, 0.717) is 16.5 Å². The lowest BCUT2D eigenvalue weighted by Crippen LogP contribution is -2.56. The molecule has 0 spiro atoms. The molecule has 1 aromatic heterocycles. The van der Waals surface area contributed by atoms with Crippen LogP contribution in [0.1, 0.15) is 26.3 Å². The monoisotopic (exact) mass is 473 g/mol. The van der Waals surface area contributed by atoms with Crippen molar-refractivity contribution in [1.29, 1.82) is 0 Å². The number of amides is 3. The van der Waals surface area contributed by atoms with Crippen LogP contribution in [0.15, 0.2) is 42.6 Å². The lowest BCUT2D eigenvalue weighted by Gasteiger charge is -2.31. The molecule has 0 bridgehead atoms. The van der Waals surface area contributed by atoms with E-state index >= 15 is 0 Å². The maximum atomic E-state index is 13.6. The van der Waals surface area contributed by atoms with Gasteiger partial charge in [0, 0.05) is 18.2 Å². The third-order valence-corrected chi connectivity index (χ3v) is 5.76. The summed E-state index contributed by atoms with van der Waals surface area (Å²) in [7, 11) is 1.67. The number of hydrogen-bond acceptors (Lipinski definition) is 6. The number of nitrogens with one attached hydrogen (secondary N) is 3. The van der Waals surface area contributed by atoms with E-state index in [1.165, 1.54) is 4.90 Å². The molecule has 10 heteroatoms. The van der Waals surface area contributed by atoms with Crippen LogP contribution in [0.4, 0.5) is 16.3 Å². The highest BCUT2D eigenvalue weighted by Crippen LogP contribution is 2.32. The van der Waals surface area contributed by atoms with Gasteiger partial charge in [0.1, 0.15) is 11.9 Å². The number of nitrogens with zero attached hydrogens (tertiary/aromatic N) is 2. The summed E-state index contributed by atoms with van der Waals surface area (Å²) in [4.78, 5) is 44.4. The fourth-order valence-electron chi connectivity index (χ4n) is 3.46. The summed E-state index contributed by atoms with van der Waals surface area (Å²) in [5, 5.41) is 8.62. The van der Waals surface area contributed by atoms with Crippen molar-refractivity contribution in [3.05, 3.63) is 53.2 Å². The largest absolute Gasteiger partial charge is 0.424 e. The molecule has 3 amide bonds. The van der Waals surface area contributed by atoms with Gasteiger partial charge in [0.2, 0.25) is 5.91 Å². The van der Waals surface area contributed by atoms with Crippen molar-refractivity contribution < 1.29 is 19.1 Å². The fourth-order valence-corrected chi connectivity index (χ4v) is 3.64. The number of aromatic nitrogens is 1. The molecule has 3 rings (SSSR count). The van der Waals surface area contributed by atoms with Crippen LogP contribution in [-0.2, 0) is 20.7 Å². The molecule has 1 aliphatic heterocycles. The molecule has 33 heavy (non-hydrogen) atoms. The van der Waals surface area contributed by atoms with Crippen molar-refractivity contribution >= 4 is 41.0 Å². The molecule has 9 nitrogen and oxygen atoms in total. The fraction of sp³-hybridized carbons (Fsp3) is 0.391. The van der Waals surface area contributed by atoms with Crippen molar-refractivity contribution in [3.8, 4) is 0 Å². The molecule has 0 radical (unpaired) electrons. The summed E-state index contributed by atoms with van der Waals surface area (Å²) in [6.45, 7) is 5.37. The average molecular weight is 474 g/mol. The molecule has 1 aromatic carbocycles. The number of likely N-dealkylation sites (N-methyl/N-ethyl adjacent to an activating group) is 1. The van der Waals surface area contributed by atoms with Crippen molar-refractivity contribution in [2.45, 2.75) is 45.5 Å². The Hall–Kier alpha value is -3.17. The van der Waals surface area contributed by atoms with Crippen LogP contribution in [0.25, 0.3) is 0 Å². The molecule has 0 aliphatic carbocycles. The van der Waals surface area contributed by atoms with Gasteiger partial charge in [-0.3, -0.25) is 19.8 Å². The number of carbonyl (C=O) groups excluding carboxylic acids is 3. The number of benzene rings is 1. The number of pyridine rings is 1. The molecular formula is C23H28ClN5O4. The Balaban J connectivity index is 1.83. The minimum absolute atomic E-state index is 0.212. The van der Waals surface area contributed by atoms with Crippen molar-refractivity contribution in [1.82, 2.24) is 15.6 Å². The number of fused-ring (bicyclic) bond motifs is 1. The first kappa shape index (κ1) is 24.5. The predicted molar refractivity (Wildman–Crippen MR) is 126 cm³/mol. The number of rotatable bonds is 7. The highest BCUT2D eigenvalue weighted by molar-refractivity contribution is 6.33. The van der Waals surface area contributed by atoms with E-state index in [1.54, 1.807) is 50.5 Å². The SMILES string of the molecule is CN[C@@H](C)C(=O)N[C@H](C(=O)N1c2ncccc2C[C@@H]1OC(=O)Nc1ccccc1Cl)C(C)C. The molecule has 0 saturated heterocycles. The Bertz CT molecular complexity index is 1030. The third kappa shape index (κ3) is 5.61. The zero-order chi connectivity index (χ0) is 24.1. The Morgan fingerprint density at radius 2 is 1.88 bits per heavy atom. The summed E-state index contributed by atoms with van der Waals surface area (Å²) >= 11 is 6.11. The summed E-state index contributed by atoms with van der Waals surface area (Å²) in [6.07, 6.45) is 0.158. The van der Waals surface area contributed by atoms with Gasteiger partial charge in [-0.05, 0) is 38.1 Å². The van der Waals surface area contributed by atoms with E-state index in [1.807, 2.05) is 19.9 Å². The van der Waals surface area contributed by atoms with Gasteiger partial charge in [0.15, 0.2) is 6.23 Å². The summed E-state index contributed by atoms with van der Waals surface area (Å²) < 4.78 is 5.62. The number of halogens is 1. The van der Waals surface area contributed by atoms with Gasteiger partial charge < -0.3 is 15.4 Å². The zero-order valence-corrected chi connectivity index (χ0v) is 19.7. The topological polar surface area (TPSA) is 113 Å². The van der Waals surface area contributed by atoms with Gasteiger partial charge in [0.05, 0.1) is 16.8 Å². The first-order valence-electron chi connectivity index (χ1n) is 10.7. The summed E-state index contributed by atoms with van der Waals surface area (Å²) in [5.74, 6) is -0.524. The van der Waals surface area contributed by atoms with Gasteiger partial charge in [0.25, 0.3) is 5.91 Å². The number of carbonyl (C=O) groups is 3. The first-order valence-corrected chi connectivity index (χ1v) is 11.1. The van der Waals surface area contributed by atoms with Crippen molar-refractivity contribution in [2.75, 3.05) is 17.3 Å². The number of hydrogen-bond donors (Lipinski definition) is 3. The molecule has 3 atom stereocenters. The van der Waals surface area contributed by atoms with Gasteiger partial charge in [-0.25, -0.2) is 9.78 Å². The van der Waals surface area contributed by atoms with Crippen LogP contribution in [0.3, 0.4) is 0 Å². The molecule has 2 heterocycles. The lowest BCUT2D eigenvalue weighted by atomic mass is 10.0. The van der Waals surface area contributed by atoms with Gasteiger partial charge in [-0.15, -0.1) is 0 Å². The Kier molecular flexibility index (Phi) is 7.88. The van der Waals surface area contributed by atoms with Gasteiger partial charge in [-0.2, -0.15) is 0 Å². The Morgan fingerprint density at radius 3 is 2.55 bits per heavy atom. The second-order valence-electron chi connectivity index (χ2n) is 8.10. The van der Waals surface area contributed by atoms with E-state index in [0.717, 1.165) is 5.56 Å². The maximum absolute atomic E-state index is 13.6. The number of anilines is 2. The van der Waals surface area contributed by atoms with Crippen LogP contribution >= 0.6 is 11.6 Å². The average Bonchev–Trinajstić information content (AvgIpc) is 3.15. The summed E-state index contributed by atoms with van der Waals surface area (Å²) in [5.41, 5.74) is 1.16. The van der Waals surface area contributed by atoms with E-state index in [2.05, 4.69) is 20.9 Å². The van der Waals surface area contributed by atoms with Gasteiger partial charge >= 0.3 is 6.09 Å². The van der Waals surface area contributed by atoms with E-state index in [-0.39, 0.29) is 18.2 Å². The normalized spacial score (nSPS) is 16.7.